The Bertz CT molecular complexity index is 379. The molecule has 0 spiro atoms. The zero-order valence-corrected chi connectivity index (χ0v) is 10.2. The normalized spacial score (nSPS) is 11.0. The van der Waals surface area contributed by atoms with E-state index in [9.17, 15) is 9.59 Å². The van der Waals surface area contributed by atoms with E-state index in [0.717, 1.165) is 0 Å². The number of carbonyl (C=O) groups excluding carboxylic acids is 2. The summed E-state index contributed by atoms with van der Waals surface area (Å²) < 4.78 is 5.08. The lowest BCUT2D eigenvalue weighted by Crippen LogP contribution is -2.24. The van der Waals surface area contributed by atoms with Crippen LogP contribution in [0.4, 0.5) is 5.82 Å². The van der Waals surface area contributed by atoms with Gasteiger partial charge in [-0.15, -0.1) is 0 Å². The molecule has 0 atom stereocenters. The number of aromatic amines is 1. The summed E-state index contributed by atoms with van der Waals surface area (Å²) in [5, 5.41) is 8.86. The molecule has 94 valence electrons. The number of rotatable bonds is 4. The highest BCUT2D eigenvalue weighted by Gasteiger charge is 2.17. The molecule has 0 saturated heterocycles. The van der Waals surface area contributed by atoms with Crippen molar-refractivity contribution in [2.24, 2.45) is 0 Å². The molecular weight excluding hydrogens is 222 g/mol. The van der Waals surface area contributed by atoms with E-state index in [1.165, 1.54) is 6.20 Å². The number of aromatic nitrogens is 2. The number of amides is 1. The van der Waals surface area contributed by atoms with Gasteiger partial charge in [0, 0.05) is 12.5 Å². The van der Waals surface area contributed by atoms with Gasteiger partial charge >= 0.3 is 5.97 Å². The van der Waals surface area contributed by atoms with Crippen molar-refractivity contribution in [3.63, 3.8) is 0 Å². The van der Waals surface area contributed by atoms with Gasteiger partial charge < -0.3 is 10.1 Å². The molecule has 0 fully saturated rings. The fourth-order valence-electron chi connectivity index (χ4n) is 1.15. The minimum atomic E-state index is -0.517. The van der Waals surface area contributed by atoms with Gasteiger partial charge in [-0.05, 0) is 20.8 Å². The zero-order valence-electron chi connectivity index (χ0n) is 10.2. The van der Waals surface area contributed by atoms with Crippen molar-refractivity contribution in [2.75, 3.05) is 5.32 Å². The number of hydrogen-bond acceptors (Lipinski definition) is 4. The average molecular weight is 239 g/mol. The molecule has 0 aliphatic carbocycles. The Kier molecular flexibility index (Phi) is 4.25. The summed E-state index contributed by atoms with van der Waals surface area (Å²) >= 11 is 0. The van der Waals surface area contributed by atoms with Crippen molar-refractivity contribution < 1.29 is 14.3 Å². The number of anilines is 1. The zero-order chi connectivity index (χ0) is 12.9. The van der Waals surface area contributed by atoms with E-state index in [2.05, 4.69) is 15.5 Å². The summed E-state index contributed by atoms with van der Waals surface area (Å²) in [6.45, 7) is 5.36. The van der Waals surface area contributed by atoms with Gasteiger partial charge in [-0.1, -0.05) is 0 Å². The Morgan fingerprint density at radius 1 is 1.41 bits per heavy atom. The van der Waals surface area contributed by atoms with Crippen LogP contribution >= 0.6 is 0 Å². The van der Waals surface area contributed by atoms with Crippen LogP contribution in [0.2, 0.25) is 0 Å². The summed E-state index contributed by atoms with van der Waals surface area (Å²) in [4.78, 5) is 22.8. The predicted molar refractivity (Wildman–Crippen MR) is 62.3 cm³/mol. The fraction of sp³-hybridized carbons (Fsp3) is 0.545. The molecule has 0 bridgehead atoms. The lowest BCUT2D eigenvalue weighted by molar-refractivity contribution is -0.155. The number of ether oxygens (including phenoxy) is 1. The summed E-state index contributed by atoms with van der Waals surface area (Å²) in [7, 11) is 0. The first-order chi connectivity index (χ1) is 7.87. The van der Waals surface area contributed by atoms with Crippen molar-refractivity contribution in [3.8, 4) is 0 Å². The summed E-state index contributed by atoms with van der Waals surface area (Å²) in [5.41, 5.74) is -0.517. The minimum absolute atomic E-state index is 0.0667. The number of carbonyl (C=O) groups is 2. The first-order valence-electron chi connectivity index (χ1n) is 5.38. The van der Waals surface area contributed by atoms with Gasteiger partial charge in [0.15, 0.2) is 0 Å². The summed E-state index contributed by atoms with van der Waals surface area (Å²) in [6.07, 6.45) is 1.69. The SMILES string of the molecule is CC(C)(C)OC(=O)CCC(=O)Nc1ccn[nH]1. The molecule has 1 rings (SSSR count). The standard InChI is InChI=1S/C11H17N3O3/c1-11(2,3)17-10(16)5-4-9(15)13-8-6-7-12-14-8/h6-7H,4-5H2,1-3H3,(H2,12,13,14,15). The van der Waals surface area contributed by atoms with E-state index in [-0.39, 0.29) is 24.7 Å². The van der Waals surface area contributed by atoms with E-state index >= 15 is 0 Å². The third kappa shape index (κ3) is 5.70. The molecule has 0 aromatic carbocycles. The number of esters is 1. The predicted octanol–water partition coefficient (Wildman–Crippen LogP) is 1.47. The van der Waals surface area contributed by atoms with E-state index in [4.69, 9.17) is 4.74 Å². The number of H-pyrrole nitrogens is 1. The van der Waals surface area contributed by atoms with Gasteiger partial charge in [-0.2, -0.15) is 5.10 Å². The van der Waals surface area contributed by atoms with E-state index < -0.39 is 5.60 Å². The molecule has 17 heavy (non-hydrogen) atoms. The number of nitrogens with one attached hydrogen (secondary N) is 2. The highest BCUT2D eigenvalue weighted by molar-refractivity contribution is 5.91. The van der Waals surface area contributed by atoms with Crippen LogP contribution in [0.5, 0.6) is 0 Å². The Hall–Kier alpha value is -1.85. The molecule has 1 aromatic rings. The summed E-state index contributed by atoms with van der Waals surface area (Å²) in [5.74, 6) is -0.114. The molecule has 6 heteroatoms. The Morgan fingerprint density at radius 3 is 2.65 bits per heavy atom. The molecule has 0 aliphatic heterocycles. The third-order valence-corrected chi connectivity index (χ3v) is 1.75. The maximum Gasteiger partial charge on any atom is 0.306 e. The van der Waals surface area contributed by atoms with Crippen LogP contribution in [-0.2, 0) is 14.3 Å². The molecule has 6 nitrogen and oxygen atoms in total. The smallest absolute Gasteiger partial charge is 0.306 e. The van der Waals surface area contributed by atoms with Crippen LogP contribution in [-0.4, -0.2) is 27.7 Å². The largest absolute Gasteiger partial charge is 0.460 e. The van der Waals surface area contributed by atoms with Crippen LogP contribution in [0, 0.1) is 0 Å². The van der Waals surface area contributed by atoms with Gasteiger partial charge in [0.2, 0.25) is 5.91 Å². The van der Waals surface area contributed by atoms with E-state index in [0.29, 0.717) is 5.82 Å². The topological polar surface area (TPSA) is 84.1 Å². The molecule has 0 unspecified atom stereocenters. The van der Waals surface area contributed by atoms with Crippen LogP contribution < -0.4 is 5.32 Å². The molecule has 0 aliphatic rings. The molecule has 1 amide bonds. The van der Waals surface area contributed by atoms with E-state index in [1.54, 1.807) is 26.8 Å². The number of hydrogen-bond donors (Lipinski definition) is 2. The Balaban J connectivity index is 2.26. The average Bonchev–Trinajstić information content (AvgIpc) is 2.64. The second-order valence-corrected chi connectivity index (χ2v) is 4.60. The number of nitrogens with zero attached hydrogens (tertiary/aromatic N) is 1. The maximum absolute atomic E-state index is 11.4. The maximum atomic E-state index is 11.4. The van der Waals surface area contributed by atoms with Crippen LogP contribution in [0.1, 0.15) is 33.6 Å². The van der Waals surface area contributed by atoms with E-state index in [1.807, 2.05) is 0 Å². The monoisotopic (exact) mass is 239 g/mol. The van der Waals surface area contributed by atoms with Crippen LogP contribution in [0.15, 0.2) is 12.3 Å². The van der Waals surface area contributed by atoms with Crippen molar-refractivity contribution >= 4 is 17.7 Å². The lowest BCUT2D eigenvalue weighted by Gasteiger charge is -2.19. The van der Waals surface area contributed by atoms with Gasteiger partial charge in [0.25, 0.3) is 0 Å². The van der Waals surface area contributed by atoms with Crippen LogP contribution in [0.25, 0.3) is 0 Å². The van der Waals surface area contributed by atoms with Gasteiger partial charge in [-0.3, -0.25) is 14.7 Å². The first-order valence-corrected chi connectivity index (χ1v) is 5.38. The first kappa shape index (κ1) is 13.2. The highest BCUT2D eigenvalue weighted by atomic mass is 16.6. The van der Waals surface area contributed by atoms with Crippen LogP contribution in [0.3, 0.4) is 0 Å². The second kappa shape index (κ2) is 5.47. The molecule has 2 N–H and O–H groups in total. The Labute approximate surface area is 99.7 Å². The van der Waals surface area contributed by atoms with Crippen molar-refractivity contribution in [3.05, 3.63) is 12.3 Å². The second-order valence-electron chi connectivity index (χ2n) is 4.60. The molecule has 1 aromatic heterocycles. The molecule has 1 heterocycles. The Morgan fingerprint density at radius 2 is 2.12 bits per heavy atom. The third-order valence-electron chi connectivity index (χ3n) is 1.75. The quantitative estimate of drug-likeness (QED) is 0.779. The fourth-order valence-corrected chi connectivity index (χ4v) is 1.15. The van der Waals surface area contributed by atoms with Gasteiger partial charge in [0.1, 0.15) is 11.4 Å². The highest BCUT2D eigenvalue weighted by Crippen LogP contribution is 2.09. The van der Waals surface area contributed by atoms with Crippen molar-refractivity contribution in [2.45, 2.75) is 39.2 Å². The molecular formula is C11H17N3O3. The van der Waals surface area contributed by atoms with Crippen molar-refractivity contribution in [1.29, 1.82) is 0 Å². The molecule has 0 saturated carbocycles. The lowest BCUT2D eigenvalue weighted by atomic mass is 10.2. The molecule has 0 radical (unpaired) electrons. The van der Waals surface area contributed by atoms with Gasteiger partial charge in [0.05, 0.1) is 12.6 Å². The van der Waals surface area contributed by atoms with Gasteiger partial charge in [-0.25, -0.2) is 0 Å². The van der Waals surface area contributed by atoms with Crippen molar-refractivity contribution in [1.82, 2.24) is 10.2 Å². The minimum Gasteiger partial charge on any atom is -0.460 e. The summed E-state index contributed by atoms with van der Waals surface area (Å²) in [6, 6.07) is 1.63.